The van der Waals surface area contributed by atoms with Gasteiger partial charge in [0.2, 0.25) is 0 Å². The van der Waals surface area contributed by atoms with E-state index in [9.17, 15) is 14.4 Å². The highest BCUT2D eigenvalue weighted by Crippen LogP contribution is 2.52. The molecule has 1 N–H and O–H groups in total. The predicted octanol–water partition coefficient (Wildman–Crippen LogP) is 10.1. The van der Waals surface area contributed by atoms with E-state index in [0.717, 1.165) is 47.4 Å². The number of urea groups is 1. The summed E-state index contributed by atoms with van der Waals surface area (Å²) in [5.41, 5.74) is 9.54. The summed E-state index contributed by atoms with van der Waals surface area (Å²) in [6, 6.07) is 25.4. The molecule has 0 atom stereocenters. The highest BCUT2D eigenvalue weighted by Gasteiger charge is 2.48. The minimum atomic E-state index is -0.494. The first-order chi connectivity index (χ1) is 26.3. The lowest BCUT2D eigenvalue weighted by molar-refractivity contribution is -0.124. The van der Waals surface area contributed by atoms with Crippen LogP contribution in [0, 0.1) is 0 Å². The number of barbiturate groups is 1. The van der Waals surface area contributed by atoms with Crippen molar-refractivity contribution in [2.45, 2.75) is 71.6 Å². The van der Waals surface area contributed by atoms with Gasteiger partial charge in [-0.2, -0.15) is 0 Å². The van der Waals surface area contributed by atoms with Crippen LogP contribution in [-0.2, 0) is 15.6 Å². The van der Waals surface area contributed by atoms with Crippen LogP contribution in [0.25, 0.3) is 21.5 Å². The molecule has 3 aliphatic heterocycles. The summed E-state index contributed by atoms with van der Waals surface area (Å²) in [6.45, 7) is 13.2. The van der Waals surface area contributed by atoms with E-state index < -0.39 is 11.9 Å². The van der Waals surface area contributed by atoms with Crippen molar-refractivity contribution in [3.8, 4) is 0 Å². The Morgan fingerprint density at radius 3 is 1.53 bits per heavy atom. The highest BCUT2D eigenvalue weighted by molar-refractivity contribution is 6.30. The first kappa shape index (κ1) is 36.3. The number of likely N-dealkylation sites (N-methyl/N-ethyl adjacent to an activating group) is 4. The third-order valence-electron chi connectivity index (χ3n) is 12.5. The number of carbonyl (C=O) groups is 2. The summed E-state index contributed by atoms with van der Waals surface area (Å²) >= 11 is 0. The lowest BCUT2D eigenvalue weighted by Gasteiger charge is -2.32. The third-order valence-corrected chi connectivity index (χ3v) is 12.5. The molecular weight excluding hydrogens is 681 g/mol. The van der Waals surface area contributed by atoms with Gasteiger partial charge in [-0.15, -0.1) is 0 Å². The summed E-state index contributed by atoms with van der Waals surface area (Å²) in [4.78, 5) is 46.7. The first-order valence-corrected chi connectivity index (χ1v) is 19.6. The molecular formula is C48H51N4O3+. The number of allylic oxidation sites excluding steroid dienone is 9. The van der Waals surface area contributed by atoms with Crippen molar-refractivity contribution in [3.63, 3.8) is 0 Å². The van der Waals surface area contributed by atoms with Gasteiger partial charge in [-0.3, -0.25) is 14.5 Å². The van der Waals surface area contributed by atoms with Crippen LogP contribution in [0.1, 0.15) is 71.9 Å². The normalized spacial score (nSPS) is 23.7. The number of amides is 4. The molecule has 4 aliphatic rings. The number of rotatable bonds is 4. The number of carbonyl (C=O) groups excluding carboxylic acids is 3. The van der Waals surface area contributed by atoms with Gasteiger partial charge in [0.25, 0.3) is 5.91 Å². The average Bonchev–Trinajstić information content (AvgIpc) is 3.50. The van der Waals surface area contributed by atoms with Crippen molar-refractivity contribution in [1.29, 1.82) is 0 Å². The summed E-state index contributed by atoms with van der Waals surface area (Å²) in [6.07, 6.45) is 11.1. The lowest BCUT2D eigenvalue weighted by atomic mass is 9.78. The zero-order valence-electron chi connectivity index (χ0n) is 33.3. The van der Waals surface area contributed by atoms with E-state index >= 15 is 0 Å². The minimum Gasteiger partial charge on any atom is -0.347 e. The molecule has 0 aromatic heterocycles. The molecule has 280 valence electrons. The Hall–Kier alpha value is -5.69. The zero-order chi connectivity index (χ0) is 39.0. The Morgan fingerprint density at radius 2 is 1.07 bits per heavy atom. The van der Waals surface area contributed by atoms with Crippen LogP contribution >= 0.6 is 0 Å². The van der Waals surface area contributed by atoms with Gasteiger partial charge in [-0.25, -0.2) is 9.69 Å². The number of anilines is 2. The van der Waals surface area contributed by atoms with E-state index in [2.05, 4.69) is 149 Å². The Bertz CT molecular complexity index is 2330. The maximum atomic E-state index is 14.3. The van der Waals surface area contributed by atoms with Crippen molar-refractivity contribution in [1.82, 2.24) is 9.80 Å². The average molecular weight is 732 g/mol. The van der Waals surface area contributed by atoms with E-state index in [1.54, 1.807) is 6.92 Å². The second kappa shape index (κ2) is 13.3. The first-order valence-electron chi connectivity index (χ1n) is 19.6. The van der Waals surface area contributed by atoms with Gasteiger partial charge in [-0.1, -0.05) is 101 Å². The van der Waals surface area contributed by atoms with E-state index in [0.29, 0.717) is 0 Å². The maximum absolute atomic E-state index is 14.3. The molecule has 4 amide bonds. The van der Waals surface area contributed by atoms with Crippen LogP contribution in [0.3, 0.4) is 0 Å². The second-order valence-corrected chi connectivity index (χ2v) is 16.2. The fourth-order valence-electron chi connectivity index (χ4n) is 9.80. The largest absolute Gasteiger partial charge is 0.438 e. The van der Waals surface area contributed by atoms with E-state index in [-0.39, 0.29) is 35.4 Å². The smallest absolute Gasteiger partial charge is 0.347 e. The number of imide groups is 2. The molecule has 4 aromatic rings. The van der Waals surface area contributed by atoms with Crippen molar-refractivity contribution < 1.29 is 14.4 Å². The number of fused-ring (bicyclic) bond motifs is 6. The number of benzene rings is 4. The third kappa shape index (κ3) is 5.42. The topological polar surface area (TPSA) is 68.5 Å². The summed E-state index contributed by atoms with van der Waals surface area (Å²) in [5.74, 6) is -0.733. The molecule has 1 saturated carbocycles. The molecule has 4 aromatic carbocycles. The Morgan fingerprint density at radius 1 is 0.618 bits per heavy atom. The van der Waals surface area contributed by atoms with Crippen molar-refractivity contribution in [2.24, 2.45) is 0 Å². The number of nitrogens with zero attached hydrogens (tertiary/aromatic N) is 4. The molecule has 1 saturated heterocycles. The van der Waals surface area contributed by atoms with Gasteiger partial charge in [-0.05, 0) is 101 Å². The molecule has 2 fully saturated rings. The fourth-order valence-corrected chi connectivity index (χ4v) is 9.80. The summed E-state index contributed by atoms with van der Waals surface area (Å²) < 4.78 is 0. The van der Waals surface area contributed by atoms with Gasteiger partial charge in [0.1, 0.15) is 0 Å². The Kier molecular flexibility index (Phi) is 8.75. The highest BCUT2D eigenvalue weighted by atomic mass is 16.2. The molecule has 55 heavy (non-hydrogen) atoms. The molecule has 1 aliphatic carbocycles. The van der Waals surface area contributed by atoms with Crippen LogP contribution in [0.5, 0.6) is 0 Å². The van der Waals surface area contributed by atoms with E-state index in [1.165, 1.54) is 53.8 Å². The SMILES string of the molecule is CCN1C(=O)C(=C2/C(=C/C=C3N(C)c4ccc5ccccc5c4C3(C)C)CCC/C2=C\C=C2\N(C)c3ccc4ccccc4c3C2(C)C)C(=[OH+])N(CC)C1=O. The second-order valence-electron chi connectivity index (χ2n) is 16.2. The molecule has 7 heteroatoms. The molecule has 3 heterocycles. The predicted molar refractivity (Wildman–Crippen MR) is 226 cm³/mol. The lowest BCUT2D eigenvalue weighted by Crippen LogP contribution is -2.56. The van der Waals surface area contributed by atoms with Gasteiger partial charge in [0, 0.05) is 66.4 Å². The van der Waals surface area contributed by atoms with E-state index in [1.807, 2.05) is 6.92 Å². The van der Waals surface area contributed by atoms with E-state index in [4.69, 9.17) is 0 Å². The van der Waals surface area contributed by atoms with Gasteiger partial charge >= 0.3 is 11.9 Å². The molecule has 0 radical (unpaired) electrons. The Balaban J connectivity index is 1.30. The molecule has 0 unspecified atom stereocenters. The molecule has 7 nitrogen and oxygen atoms in total. The number of hydrogen-bond acceptors (Lipinski definition) is 4. The van der Waals surface area contributed by atoms with Crippen molar-refractivity contribution in [2.75, 3.05) is 37.0 Å². The van der Waals surface area contributed by atoms with Gasteiger partial charge < -0.3 is 9.80 Å². The van der Waals surface area contributed by atoms with Crippen molar-refractivity contribution in [3.05, 3.63) is 142 Å². The van der Waals surface area contributed by atoms with Gasteiger partial charge in [0.05, 0.1) is 0 Å². The molecule has 0 spiro atoms. The fraction of sp³-hybridized carbons (Fsp3) is 0.312. The van der Waals surface area contributed by atoms with Crippen LogP contribution in [0.4, 0.5) is 16.2 Å². The standard InChI is InChI=1S/C48H50N4O3/c1-9-51-44(53)41(45(54)52(10-2)46(51)55)40-32(24-28-38-47(3,4)42-34-20-13-11-16-30(34)22-26-36(42)49(38)7)18-15-19-33(40)25-29-39-48(5,6)43-35-21-14-12-17-31(35)23-27-37(43)50(39)8/h11-14,16-17,20-29H,9-10,15,18-19H2,1-8H3/p+1/b32-24+,33-25+,38-28+,39-29?. The maximum Gasteiger partial charge on any atom is 0.438 e. The molecule has 0 bridgehead atoms. The van der Waals surface area contributed by atoms with Crippen LogP contribution in [0.2, 0.25) is 0 Å². The Labute approximate surface area is 324 Å². The number of hydrogen-bond donors (Lipinski definition) is 0. The van der Waals surface area contributed by atoms with Crippen molar-refractivity contribution >= 4 is 50.8 Å². The quantitative estimate of drug-likeness (QED) is 0.119. The van der Waals surface area contributed by atoms with Crippen LogP contribution < -0.4 is 9.80 Å². The summed E-state index contributed by atoms with van der Waals surface area (Å²) in [7, 11) is 4.25. The van der Waals surface area contributed by atoms with Crippen LogP contribution in [0.15, 0.2) is 131 Å². The van der Waals surface area contributed by atoms with Gasteiger partial charge in [0.15, 0.2) is 5.57 Å². The summed E-state index contributed by atoms with van der Waals surface area (Å²) in [5, 5.41) is 4.93. The van der Waals surface area contributed by atoms with Crippen LogP contribution in [-0.4, -0.2) is 59.6 Å². The zero-order valence-corrected chi connectivity index (χ0v) is 33.3. The monoisotopic (exact) mass is 731 g/mol. The minimum absolute atomic E-state index is 0.193. The molecule has 8 rings (SSSR count).